The predicted octanol–water partition coefficient (Wildman–Crippen LogP) is -1.84. The lowest BCUT2D eigenvalue weighted by molar-refractivity contribution is -0.0558. The second-order valence-electron chi connectivity index (χ2n) is 9.56. The number of aromatic nitrogens is 6. The first-order chi connectivity index (χ1) is 20.2. The Kier molecular flexibility index (Phi) is 8.96. The second-order valence-corrected chi connectivity index (χ2v) is 12.2. The van der Waals surface area contributed by atoms with Gasteiger partial charge in [-0.2, -0.15) is 4.98 Å². The standard InChI is InChI=1S/C20H28N8O13P2/c21-12-1-3-27(20(31)26-12)13-5-10(9(39-13)2-4-37-42(32,33)34)41-43(35,36)38-6-11-15(29)16(30)19(40-11)28-8-25-14-17(22)23-7-24-18(14)28/h1,3,7-11,13,15-16,19,29-30H,2,4-6H2,(H,35,36)(H2,21,26,31)(H2,22,23,24)(H2,32,33,34)/t9-,10+,11-,13-,15-,16-,19-/m1/s1. The Morgan fingerprint density at radius 1 is 1.02 bits per heavy atom. The molecule has 5 heterocycles. The number of ether oxygens (including phenoxy) is 2. The molecule has 0 aromatic carbocycles. The van der Waals surface area contributed by atoms with Crippen LogP contribution in [-0.2, 0) is 32.2 Å². The summed E-state index contributed by atoms with van der Waals surface area (Å²) in [5, 5.41) is 21.1. The molecule has 2 aliphatic rings. The number of imidazole rings is 1. The molecule has 9 N–H and O–H groups in total. The molecule has 0 spiro atoms. The highest BCUT2D eigenvalue weighted by molar-refractivity contribution is 7.47. The number of nitrogen functional groups attached to an aromatic ring is 2. The van der Waals surface area contributed by atoms with Crippen LogP contribution in [0.3, 0.4) is 0 Å². The SMILES string of the molecule is Nc1ccn([C@H]2C[C@H](OP(=O)(O)OC[C@H]3O[C@@H](n4cnc5c(N)ncnc54)[C@H](O)[C@@H]3O)[C@@H](CCOP(=O)(O)O)O2)c(=O)n1. The van der Waals surface area contributed by atoms with Crippen LogP contribution in [0.4, 0.5) is 11.6 Å². The number of hydrogen-bond acceptors (Lipinski definition) is 16. The first-order valence-electron chi connectivity index (χ1n) is 12.5. The number of rotatable bonds is 11. The Labute approximate surface area is 240 Å². The summed E-state index contributed by atoms with van der Waals surface area (Å²) >= 11 is 0. The van der Waals surface area contributed by atoms with Crippen LogP contribution in [-0.4, -0.2) is 97.7 Å². The van der Waals surface area contributed by atoms with Crippen molar-refractivity contribution in [2.45, 2.75) is 55.8 Å². The van der Waals surface area contributed by atoms with E-state index >= 15 is 0 Å². The number of nitrogens with zero attached hydrogens (tertiary/aromatic N) is 6. The van der Waals surface area contributed by atoms with Gasteiger partial charge in [0, 0.05) is 19.0 Å². The van der Waals surface area contributed by atoms with E-state index < -0.39 is 77.5 Å². The average molecular weight is 650 g/mol. The number of anilines is 2. The van der Waals surface area contributed by atoms with Gasteiger partial charge in [0.15, 0.2) is 17.7 Å². The van der Waals surface area contributed by atoms with Gasteiger partial charge in [-0.05, 0) is 6.07 Å². The maximum absolute atomic E-state index is 12.9. The number of nitrogens with two attached hydrogens (primary N) is 2. The molecule has 2 fully saturated rings. The third-order valence-electron chi connectivity index (χ3n) is 6.67. The van der Waals surface area contributed by atoms with Crippen molar-refractivity contribution in [3.05, 3.63) is 35.4 Å². The van der Waals surface area contributed by atoms with Crippen LogP contribution in [0.25, 0.3) is 11.2 Å². The zero-order valence-electron chi connectivity index (χ0n) is 21.9. The first kappa shape index (κ1) is 31.5. The van der Waals surface area contributed by atoms with Crippen LogP contribution in [0.1, 0.15) is 25.3 Å². The molecule has 8 atom stereocenters. The molecule has 43 heavy (non-hydrogen) atoms. The lowest BCUT2D eigenvalue weighted by Gasteiger charge is -2.22. The third-order valence-corrected chi connectivity index (χ3v) is 8.20. The van der Waals surface area contributed by atoms with Crippen molar-refractivity contribution in [1.82, 2.24) is 29.1 Å². The van der Waals surface area contributed by atoms with Crippen molar-refractivity contribution >= 4 is 38.4 Å². The molecule has 23 heteroatoms. The summed E-state index contributed by atoms with van der Waals surface area (Å²) in [5.41, 5.74) is 11.0. The van der Waals surface area contributed by atoms with Gasteiger partial charge in [-0.1, -0.05) is 0 Å². The molecule has 2 saturated heterocycles. The summed E-state index contributed by atoms with van der Waals surface area (Å²) in [6.07, 6.45) is -5.63. The molecule has 21 nitrogen and oxygen atoms in total. The molecule has 0 bridgehead atoms. The molecule has 5 rings (SSSR count). The number of hydrogen-bond donors (Lipinski definition) is 7. The van der Waals surface area contributed by atoms with Crippen molar-refractivity contribution in [2.24, 2.45) is 0 Å². The molecule has 0 aliphatic carbocycles. The number of aliphatic hydroxyl groups excluding tert-OH is 2. The molecular weight excluding hydrogens is 622 g/mol. The van der Waals surface area contributed by atoms with E-state index in [1.54, 1.807) is 0 Å². The van der Waals surface area contributed by atoms with Gasteiger partial charge in [-0.25, -0.2) is 28.9 Å². The highest BCUT2D eigenvalue weighted by atomic mass is 31.2. The highest BCUT2D eigenvalue weighted by Crippen LogP contribution is 2.49. The van der Waals surface area contributed by atoms with Gasteiger partial charge >= 0.3 is 21.3 Å². The number of aliphatic hydroxyl groups is 2. The Hall–Kier alpha value is -2.91. The van der Waals surface area contributed by atoms with Crippen molar-refractivity contribution < 1.29 is 57.1 Å². The zero-order chi connectivity index (χ0) is 31.1. The molecule has 0 saturated carbocycles. The van der Waals surface area contributed by atoms with Crippen molar-refractivity contribution in [3.8, 4) is 0 Å². The maximum atomic E-state index is 12.9. The molecule has 0 amide bonds. The van der Waals surface area contributed by atoms with Crippen molar-refractivity contribution in [1.29, 1.82) is 0 Å². The summed E-state index contributed by atoms with van der Waals surface area (Å²) in [7, 11) is -9.76. The fraction of sp³-hybridized carbons (Fsp3) is 0.550. The Balaban J connectivity index is 1.25. The Morgan fingerprint density at radius 2 is 1.79 bits per heavy atom. The first-order valence-corrected chi connectivity index (χ1v) is 15.6. The number of fused-ring (bicyclic) bond motifs is 1. The summed E-state index contributed by atoms with van der Waals surface area (Å²) in [5.74, 6) is 0.0338. The Morgan fingerprint density at radius 3 is 2.51 bits per heavy atom. The van der Waals surface area contributed by atoms with Crippen LogP contribution >= 0.6 is 15.6 Å². The van der Waals surface area contributed by atoms with Gasteiger partial charge in [-0.15, -0.1) is 0 Å². The number of phosphoric ester groups is 2. The average Bonchev–Trinajstić information content (AvgIpc) is 3.59. The number of phosphoric acid groups is 2. The smallest absolute Gasteiger partial charge is 0.387 e. The van der Waals surface area contributed by atoms with Gasteiger partial charge in [0.05, 0.1) is 25.6 Å². The second kappa shape index (κ2) is 12.2. The van der Waals surface area contributed by atoms with E-state index in [-0.39, 0.29) is 35.6 Å². The van der Waals surface area contributed by atoms with E-state index in [4.69, 9.17) is 39.8 Å². The molecule has 3 aromatic heterocycles. The lowest BCUT2D eigenvalue weighted by Crippen LogP contribution is -2.34. The minimum absolute atomic E-state index is 0.0470. The summed E-state index contributed by atoms with van der Waals surface area (Å²) in [6, 6.07) is 1.33. The molecular formula is C20H28N8O13P2. The van der Waals surface area contributed by atoms with E-state index in [0.717, 1.165) is 4.57 Å². The van der Waals surface area contributed by atoms with Gasteiger partial charge < -0.3 is 45.8 Å². The summed E-state index contributed by atoms with van der Waals surface area (Å²) in [4.78, 5) is 56.3. The van der Waals surface area contributed by atoms with Crippen LogP contribution in [0.5, 0.6) is 0 Å². The molecule has 0 radical (unpaired) electrons. The van der Waals surface area contributed by atoms with Gasteiger partial charge in [0.25, 0.3) is 0 Å². The predicted molar refractivity (Wildman–Crippen MR) is 140 cm³/mol. The van der Waals surface area contributed by atoms with E-state index in [1.807, 2.05) is 0 Å². The van der Waals surface area contributed by atoms with E-state index in [1.165, 1.54) is 29.5 Å². The monoisotopic (exact) mass is 650 g/mol. The van der Waals surface area contributed by atoms with Crippen LogP contribution in [0, 0.1) is 0 Å². The minimum atomic E-state index is -4.93. The summed E-state index contributed by atoms with van der Waals surface area (Å²) < 4.78 is 52.6. The largest absolute Gasteiger partial charge is 0.472 e. The van der Waals surface area contributed by atoms with E-state index in [0.29, 0.717) is 0 Å². The maximum Gasteiger partial charge on any atom is 0.472 e. The van der Waals surface area contributed by atoms with Gasteiger partial charge in [0.1, 0.15) is 48.3 Å². The quantitative estimate of drug-likeness (QED) is 0.112. The molecule has 3 aromatic rings. The molecule has 236 valence electrons. The van der Waals surface area contributed by atoms with E-state index in [9.17, 15) is 29.0 Å². The van der Waals surface area contributed by atoms with Gasteiger partial charge in [-0.3, -0.25) is 22.7 Å². The fourth-order valence-electron chi connectivity index (χ4n) is 4.69. The van der Waals surface area contributed by atoms with Crippen LogP contribution in [0.2, 0.25) is 0 Å². The van der Waals surface area contributed by atoms with Crippen molar-refractivity contribution in [3.63, 3.8) is 0 Å². The van der Waals surface area contributed by atoms with E-state index in [2.05, 4.69) is 24.5 Å². The van der Waals surface area contributed by atoms with Crippen LogP contribution < -0.4 is 17.2 Å². The van der Waals surface area contributed by atoms with Crippen LogP contribution in [0.15, 0.2) is 29.7 Å². The highest BCUT2D eigenvalue weighted by Gasteiger charge is 2.47. The lowest BCUT2D eigenvalue weighted by atomic mass is 10.1. The van der Waals surface area contributed by atoms with Crippen molar-refractivity contribution in [2.75, 3.05) is 24.7 Å². The normalized spacial score (nSPS) is 29.3. The zero-order valence-corrected chi connectivity index (χ0v) is 23.7. The summed E-state index contributed by atoms with van der Waals surface area (Å²) in [6.45, 7) is -1.23. The third kappa shape index (κ3) is 7.09. The molecule has 1 unspecified atom stereocenters. The fourth-order valence-corrected chi connectivity index (χ4v) is 6.00. The molecule has 2 aliphatic heterocycles. The van der Waals surface area contributed by atoms with Gasteiger partial charge in [0.2, 0.25) is 0 Å². The minimum Gasteiger partial charge on any atom is -0.387 e. The Bertz CT molecular complexity index is 1620. The topological polar surface area (TPSA) is 312 Å².